The first kappa shape index (κ1) is 15.0. The van der Waals surface area contributed by atoms with Crippen molar-refractivity contribution in [2.24, 2.45) is 0 Å². The van der Waals surface area contributed by atoms with Gasteiger partial charge in [-0.25, -0.2) is 4.98 Å². The van der Waals surface area contributed by atoms with Gasteiger partial charge in [0.1, 0.15) is 11.0 Å². The number of nitrogens with zero attached hydrogens (tertiary/aromatic N) is 3. The number of carbonyl (C=O) groups excluding carboxylic acids is 1. The molecular weight excluding hydrogens is 280 g/mol. The zero-order chi connectivity index (χ0) is 14.9. The van der Waals surface area contributed by atoms with Crippen LogP contribution in [0, 0.1) is 0 Å². The Hall–Kier alpha value is -1.37. The standard InChI is InChI=1S/C13H19ClN4O2/c1-17(2)6-9-5-10(19)7-18(9)13(20)8-3-11(14)16-12(15)4-8/h3-4,9-10,19H,5-7H2,1-2H3,(H2,15,16). The first-order valence-corrected chi connectivity index (χ1v) is 6.81. The smallest absolute Gasteiger partial charge is 0.254 e. The van der Waals surface area contributed by atoms with Crippen LogP contribution in [-0.2, 0) is 0 Å². The Labute approximate surface area is 123 Å². The molecule has 0 spiro atoms. The van der Waals surface area contributed by atoms with Crippen LogP contribution in [0.5, 0.6) is 0 Å². The predicted octanol–water partition coefficient (Wildman–Crippen LogP) is 0.454. The van der Waals surface area contributed by atoms with E-state index in [1.54, 1.807) is 4.90 Å². The molecule has 0 aliphatic carbocycles. The summed E-state index contributed by atoms with van der Waals surface area (Å²) in [5, 5.41) is 10.0. The highest BCUT2D eigenvalue weighted by Gasteiger charge is 2.35. The van der Waals surface area contributed by atoms with E-state index in [4.69, 9.17) is 17.3 Å². The molecule has 1 aromatic heterocycles. The summed E-state index contributed by atoms with van der Waals surface area (Å²) in [5.41, 5.74) is 6.02. The monoisotopic (exact) mass is 298 g/mol. The molecule has 1 aliphatic rings. The van der Waals surface area contributed by atoms with E-state index in [-0.39, 0.29) is 22.9 Å². The van der Waals surface area contributed by atoms with Gasteiger partial charge in [0.25, 0.3) is 5.91 Å². The maximum Gasteiger partial charge on any atom is 0.254 e. The molecule has 1 amide bonds. The van der Waals surface area contributed by atoms with Crippen molar-refractivity contribution in [2.45, 2.75) is 18.6 Å². The Morgan fingerprint density at radius 3 is 2.90 bits per heavy atom. The van der Waals surface area contributed by atoms with Gasteiger partial charge < -0.3 is 20.6 Å². The number of aromatic nitrogens is 1. The molecule has 1 saturated heterocycles. The Kier molecular flexibility index (Phi) is 4.47. The van der Waals surface area contributed by atoms with Gasteiger partial charge in [-0.2, -0.15) is 0 Å². The number of nitrogens with two attached hydrogens (primary N) is 1. The van der Waals surface area contributed by atoms with Crippen LogP contribution in [0.25, 0.3) is 0 Å². The van der Waals surface area contributed by atoms with Crippen molar-refractivity contribution in [3.63, 3.8) is 0 Å². The minimum absolute atomic E-state index is 0.0133. The number of amides is 1. The van der Waals surface area contributed by atoms with Crippen molar-refractivity contribution in [2.75, 3.05) is 32.9 Å². The van der Waals surface area contributed by atoms with E-state index in [9.17, 15) is 9.90 Å². The predicted molar refractivity (Wildman–Crippen MR) is 77.7 cm³/mol. The fraction of sp³-hybridized carbons (Fsp3) is 0.538. The van der Waals surface area contributed by atoms with E-state index in [0.29, 0.717) is 25.1 Å². The molecule has 0 aromatic carbocycles. The lowest BCUT2D eigenvalue weighted by atomic mass is 10.1. The SMILES string of the molecule is CN(C)CC1CC(O)CN1C(=O)c1cc(N)nc(Cl)c1. The number of hydrogen-bond donors (Lipinski definition) is 2. The van der Waals surface area contributed by atoms with Gasteiger partial charge >= 0.3 is 0 Å². The summed E-state index contributed by atoms with van der Waals surface area (Å²) in [6, 6.07) is 2.99. The number of β-amino-alcohol motifs (C(OH)–C–C–N with tert-alkyl or cyclic N) is 1. The van der Waals surface area contributed by atoms with Crippen molar-refractivity contribution < 1.29 is 9.90 Å². The fourth-order valence-electron chi connectivity index (χ4n) is 2.54. The van der Waals surface area contributed by atoms with Crippen LogP contribution in [0.4, 0.5) is 5.82 Å². The third kappa shape index (κ3) is 3.39. The molecule has 20 heavy (non-hydrogen) atoms. The molecule has 6 nitrogen and oxygen atoms in total. The number of likely N-dealkylation sites (tertiary alicyclic amines) is 1. The molecule has 1 fully saturated rings. The molecule has 0 saturated carbocycles. The van der Waals surface area contributed by atoms with Crippen molar-refractivity contribution in [3.05, 3.63) is 22.8 Å². The molecule has 1 aromatic rings. The Bertz CT molecular complexity index is 489. The molecule has 0 bridgehead atoms. The average molecular weight is 299 g/mol. The number of aliphatic hydroxyl groups is 1. The quantitative estimate of drug-likeness (QED) is 0.792. The second-order valence-corrected chi connectivity index (χ2v) is 5.75. The molecule has 2 unspecified atom stereocenters. The second kappa shape index (κ2) is 5.95. The lowest BCUT2D eigenvalue weighted by Crippen LogP contribution is -2.41. The fourth-order valence-corrected chi connectivity index (χ4v) is 2.76. The van der Waals surface area contributed by atoms with Gasteiger partial charge in [-0.1, -0.05) is 11.6 Å². The zero-order valence-electron chi connectivity index (χ0n) is 11.6. The third-order valence-electron chi connectivity index (χ3n) is 3.29. The van der Waals surface area contributed by atoms with Gasteiger partial charge in [0.05, 0.1) is 6.10 Å². The van der Waals surface area contributed by atoms with Crippen LogP contribution in [0.15, 0.2) is 12.1 Å². The van der Waals surface area contributed by atoms with Crippen molar-refractivity contribution in [1.82, 2.24) is 14.8 Å². The van der Waals surface area contributed by atoms with Crippen LogP contribution >= 0.6 is 11.6 Å². The lowest BCUT2D eigenvalue weighted by molar-refractivity contribution is 0.0699. The summed E-state index contributed by atoms with van der Waals surface area (Å²) in [7, 11) is 3.88. The highest BCUT2D eigenvalue weighted by molar-refractivity contribution is 6.29. The van der Waals surface area contributed by atoms with Crippen molar-refractivity contribution >= 4 is 23.3 Å². The van der Waals surface area contributed by atoms with Gasteiger partial charge in [-0.05, 0) is 32.6 Å². The summed E-state index contributed by atoms with van der Waals surface area (Å²) in [6.45, 7) is 1.04. The van der Waals surface area contributed by atoms with E-state index in [0.717, 1.165) is 0 Å². The van der Waals surface area contributed by atoms with E-state index in [1.165, 1.54) is 12.1 Å². The van der Waals surface area contributed by atoms with E-state index in [1.807, 2.05) is 19.0 Å². The first-order chi connectivity index (χ1) is 9.36. The topological polar surface area (TPSA) is 82.7 Å². The number of hydrogen-bond acceptors (Lipinski definition) is 5. The Morgan fingerprint density at radius 1 is 1.60 bits per heavy atom. The van der Waals surface area contributed by atoms with Crippen LogP contribution < -0.4 is 5.73 Å². The number of rotatable bonds is 3. The number of pyridine rings is 1. The van der Waals surface area contributed by atoms with E-state index in [2.05, 4.69) is 4.98 Å². The second-order valence-electron chi connectivity index (χ2n) is 5.37. The molecule has 2 atom stereocenters. The highest BCUT2D eigenvalue weighted by atomic mass is 35.5. The molecule has 2 heterocycles. The van der Waals surface area contributed by atoms with E-state index >= 15 is 0 Å². The number of likely N-dealkylation sites (N-methyl/N-ethyl adjacent to an activating group) is 1. The normalized spacial score (nSPS) is 22.6. The maximum absolute atomic E-state index is 12.5. The number of halogens is 1. The minimum atomic E-state index is -0.487. The van der Waals surface area contributed by atoms with Gasteiger partial charge in [0.2, 0.25) is 0 Å². The molecule has 7 heteroatoms. The molecule has 1 aliphatic heterocycles. The minimum Gasteiger partial charge on any atom is -0.391 e. The van der Waals surface area contributed by atoms with Crippen LogP contribution in [0.3, 0.4) is 0 Å². The number of anilines is 1. The summed E-state index contributed by atoms with van der Waals surface area (Å²) in [4.78, 5) is 20.1. The summed E-state index contributed by atoms with van der Waals surface area (Å²) < 4.78 is 0. The van der Waals surface area contributed by atoms with Crippen LogP contribution in [0.1, 0.15) is 16.8 Å². The Morgan fingerprint density at radius 2 is 2.30 bits per heavy atom. The van der Waals surface area contributed by atoms with Gasteiger partial charge in [-0.3, -0.25) is 4.79 Å². The van der Waals surface area contributed by atoms with E-state index < -0.39 is 6.10 Å². The van der Waals surface area contributed by atoms with Crippen molar-refractivity contribution in [1.29, 1.82) is 0 Å². The average Bonchev–Trinajstić information content (AvgIpc) is 2.67. The largest absolute Gasteiger partial charge is 0.391 e. The van der Waals surface area contributed by atoms with Crippen LogP contribution in [0.2, 0.25) is 5.15 Å². The van der Waals surface area contributed by atoms with Gasteiger partial charge in [0.15, 0.2) is 0 Å². The molecule has 3 N–H and O–H groups in total. The molecule has 0 radical (unpaired) electrons. The number of aliphatic hydroxyl groups excluding tert-OH is 1. The first-order valence-electron chi connectivity index (χ1n) is 6.43. The number of carbonyl (C=O) groups is 1. The lowest BCUT2D eigenvalue weighted by Gasteiger charge is -2.27. The molecular formula is C13H19ClN4O2. The zero-order valence-corrected chi connectivity index (χ0v) is 12.3. The summed E-state index contributed by atoms with van der Waals surface area (Å²) in [5.74, 6) is 0.0363. The Balaban J connectivity index is 2.22. The third-order valence-corrected chi connectivity index (χ3v) is 3.48. The summed E-state index contributed by atoms with van der Waals surface area (Å²) in [6.07, 6.45) is 0.0941. The maximum atomic E-state index is 12.5. The molecule has 2 rings (SSSR count). The van der Waals surface area contributed by atoms with Gasteiger partial charge in [-0.15, -0.1) is 0 Å². The molecule has 110 valence electrons. The summed E-state index contributed by atoms with van der Waals surface area (Å²) >= 11 is 5.83. The van der Waals surface area contributed by atoms with Gasteiger partial charge in [0, 0.05) is 24.7 Å². The van der Waals surface area contributed by atoms with Crippen molar-refractivity contribution in [3.8, 4) is 0 Å². The number of nitrogen functional groups attached to an aromatic ring is 1. The van der Waals surface area contributed by atoms with Crippen LogP contribution in [-0.4, -0.2) is 65.1 Å². The highest BCUT2D eigenvalue weighted by Crippen LogP contribution is 2.22.